The highest BCUT2D eigenvalue weighted by Gasteiger charge is 2.28. The molecule has 0 spiro atoms. The van der Waals surface area contributed by atoms with E-state index in [0.29, 0.717) is 27.7 Å². The van der Waals surface area contributed by atoms with Crippen LogP contribution >= 0.6 is 0 Å². The molecule has 10 rings (SSSR count). The van der Waals surface area contributed by atoms with Crippen molar-refractivity contribution in [2.24, 2.45) is 0 Å². The summed E-state index contributed by atoms with van der Waals surface area (Å²) in [6.45, 7) is 0. The van der Waals surface area contributed by atoms with Gasteiger partial charge in [-0.15, -0.1) is 0 Å². The molecule has 7 aromatic carbocycles. The van der Waals surface area contributed by atoms with Gasteiger partial charge in [0.1, 0.15) is 11.1 Å². The van der Waals surface area contributed by atoms with Gasteiger partial charge in [0.05, 0.1) is 16.7 Å². The molecular formula is C45H28N4O6. The molecule has 0 radical (unpaired) electrons. The monoisotopic (exact) mass is 720 g/mol. The van der Waals surface area contributed by atoms with Gasteiger partial charge >= 0.3 is 0 Å². The van der Waals surface area contributed by atoms with Crippen molar-refractivity contribution >= 4 is 43.7 Å². The minimum atomic E-state index is -1.08. The lowest BCUT2D eigenvalue weighted by atomic mass is 10.0. The number of phenols is 5. The zero-order valence-corrected chi connectivity index (χ0v) is 28.7. The Bertz CT molecular complexity index is 3130. The molecule has 0 bridgehead atoms. The third-order valence-corrected chi connectivity index (χ3v) is 10.0. The van der Waals surface area contributed by atoms with Crippen LogP contribution in [0, 0.1) is 0 Å². The number of phenolic OH excluding ortho intramolecular Hbond substituents is 5. The smallest absolute Gasteiger partial charge is 0.208 e. The Hall–Kier alpha value is -7.85. The van der Waals surface area contributed by atoms with E-state index in [1.54, 1.807) is 12.1 Å². The number of aromatic nitrogens is 4. The fraction of sp³-hybridized carbons (Fsp3) is 0. The maximum atomic E-state index is 10.9. The SMILES string of the molecule is Oc1c(O)c(O)c(-c2nc(-c3ccccc3)nc(-c3ccc(-n4c5ccccc5c5ccc(-c6ccccc6)cc54)c4oc5ccccc5c34)n2)c(O)c1O. The quantitative estimate of drug-likeness (QED) is 0.0862. The summed E-state index contributed by atoms with van der Waals surface area (Å²) < 4.78 is 8.94. The molecular weight excluding hydrogens is 693 g/mol. The summed E-state index contributed by atoms with van der Waals surface area (Å²) in [5.41, 5.74) is 6.80. The van der Waals surface area contributed by atoms with Crippen LogP contribution in [0.2, 0.25) is 0 Å². The fourth-order valence-corrected chi connectivity index (χ4v) is 7.44. The van der Waals surface area contributed by atoms with Gasteiger partial charge in [-0.3, -0.25) is 0 Å². The summed E-state index contributed by atoms with van der Waals surface area (Å²) in [6, 6.07) is 45.6. The number of para-hydroxylation sites is 2. The highest BCUT2D eigenvalue weighted by molar-refractivity contribution is 6.16. The first-order valence-electron chi connectivity index (χ1n) is 17.4. The van der Waals surface area contributed by atoms with Crippen molar-refractivity contribution in [3.05, 3.63) is 140 Å². The van der Waals surface area contributed by atoms with Crippen LogP contribution < -0.4 is 0 Å². The highest BCUT2D eigenvalue weighted by Crippen LogP contribution is 2.54. The number of benzene rings is 7. The Labute approximate surface area is 311 Å². The Morgan fingerprint density at radius 1 is 0.436 bits per heavy atom. The maximum absolute atomic E-state index is 10.9. The van der Waals surface area contributed by atoms with E-state index in [9.17, 15) is 25.5 Å². The van der Waals surface area contributed by atoms with E-state index < -0.39 is 34.3 Å². The van der Waals surface area contributed by atoms with E-state index in [1.165, 1.54) is 0 Å². The lowest BCUT2D eigenvalue weighted by Crippen LogP contribution is -2.02. The van der Waals surface area contributed by atoms with Gasteiger partial charge in [0, 0.05) is 32.7 Å². The van der Waals surface area contributed by atoms with E-state index in [1.807, 2.05) is 84.9 Å². The summed E-state index contributed by atoms with van der Waals surface area (Å²) in [5, 5.41) is 56.6. The second-order valence-electron chi connectivity index (χ2n) is 13.2. The first kappa shape index (κ1) is 31.9. The van der Waals surface area contributed by atoms with Crippen molar-refractivity contribution in [3.8, 4) is 79.7 Å². The molecule has 10 heteroatoms. The number of fused-ring (bicyclic) bond motifs is 6. The van der Waals surface area contributed by atoms with Crippen molar-refractivity contribution in [2.75, 3.05) is 0 Å². The number of rotatable bonds is 5. The van der Waals surface area contributed by atoms with Gasteiger partial charge in [-0.2, -0.15) is 0 Å². The molecule has 3 heterocycles. The molecule has 264 valence electrons. The second kappa shape index (κ2) is 12.1. The number of hydrogen-bond donors (Lipinski definition) is 5. The average molecular weight is 721 g/mol. The molecule has 0 aliphatic carbocycles. The van der Waals surface area contributed by atoms with E-state index in [2.05, 4.69) is 52.0 Å². The zero-order valence-electron chi connectivity index (χ0n) is 28.7. The maximum Gasteiger partial charge on any atom is 0.208 e. The summed E-state index contributed by atoms with van der Waals surface area (Å²) >= 11 is 0. The van der Waals surface area contributed by atoms with Gasteiger partial charge in [-0.05, 0) is 41.5 Å². The molecule has 10 nitrogen and oxygen atoms in total. The van der Waals surface area contributed by atoms with Crippen molar-refractivity contribution in [1.29, 1.82) is 0 Å². The van der Waals surface area contributed by atoms with Gasteiger partial charge in [0.15, 0.2) is 34.6 Å². The zero-order chi connectivity index (χ0) is 37.4. The minimum Gasteiger partial charge on any atom is -0.504 e. The van der Waals surface area contributed by atoms with Crippen LogP contribution in [0.15, 0.2) is 144 Å². The number of hydrogen-bond acceptors (Lipinski definition) is 9. The number of aromatic hydroxyl groups is 5. The van der Waals surface area contributed by atoms with Crippen molar-refractivity contribution in [1.82, 2.24) is 19.5 Å². The number of furan rings is 1. The van der Waals surface area contributed by atoms with Gasteiger partial charge in [0.25, 0.3) is 0 Å². The van der Waals surface area contributed by atoms with Crippen LogP contribution in [0.3, 0.4) is 0 Å². The predicted octanol–water partition coefficient (Wildman–Crippen LogP) is 10.1. The molecule has 10 aromatic rings. The van der Waals surface area contributed by atoms with Crippen LogP contribution in [0.25, 0.3) is 94.7 Å². The Kier molecular flexibility index (Phi) is 7.01. The molecule has 0 saturated heterocycles. The van der Waals surface area contributed by atoms with Crippen LogP contribution in [0.1, 0.15) is 0 Å². The van der Waals surface area contributed by atoms with Gasteiger partial charge < -0.3 is 34.5 Å². The molecule has 5 N–H and O–H groups in total. The lowest BCUT2D eigenvalue weighted by molar-refractivity contribution is 0.329. The third-order valence-electron chi connectivity index (χ3n) is 10.0. The highest BCUT2D eigenvalue weighted by atomic mass is 16.4. The Morgan fingerprint density at radius 2 is 1.02 bits per heavy atom. The molecule has 0 saturated carbocycles. The third kappa shape index (κ3) is 4.85. The summed E-state index contributed by atoms with van der Waals surface area (Å²) in [5.74, 6) is -4.91. The lowest BCUT2D eigenvalue weighted by Gasteiger charge is -2.14. The van der Waals surface area contributed by atoms with E-state index in [0.717, 1.165) is 44.0 Å². The summed E-state index contributed by atoms with van der Waals surface area (Å²) in [7, 11) is 0. The first-order valence-corrected chi connectivity index (χ1v) is 17.4. The standard InChI is InChI=1S/C45H28N4O6/c50-37-36(38(51)40(53)41(54)39(37)52)45-47-43(25-13-5-2-6-14-25)46-44(48-45)30-21-22-32(42-35(30)29-16-8-10-18-34(29)55-42)49-31-17-9-7-15-27(31)28-20-19-26(23-33(28)49)24-11-3-1-4-12-24/h1-23,50-54H. The minimum absolute atomic E-state index is 0.159. The first-order chi connectivity index (χ1) is 26.9. The second-order valence-corrected chi connectivity index (χ2v) is 13.2. The van der Waals surface area contributed by atoms with E-state index >= 15 is 0 Å². The topological polar surface area (TPSA) is 158 Å². The molecule has 0 unspecified atom stereocenters. The van der Waals surface area contributed by atoms with Gasteiger partial charge in [0.2, 0.25) is 17.2 Å². The van der Waals surface area contributed by atoms with Crippen molar-refractivity contribution in [3.63, 3.8) is 0 Å². The van der Waals surface area contributed by atoms with Crippen LogP contribution in [0.4, 0.5) is 0 Å². The van der Waals surface area contributed by atoms with Crippen molar-refractivity contribution < 1.29 is 29.9 Å². The fourth-order valence-electron chi connectivity index (χ4n) is 7.44. The van der Waals surface area contributed by atoms with Crippen molar-refractivity contribution in [2.45, 2.75) is 0 Å². The Balaban J connectivity index is 1.28. The summed E-state index contributed by atoms with van der Waals surface area (Å²) in [4.78, 5) is 14.1. The number of nitrogens with zero attached hydrogens (tertiary/aromatic N) is 4. The van der Waals surface area contributed by atoms with Crippen LogP contribution in [-0.2, 0) is 0 Å². The van der Waals surface area contributed by atoms with E-state index in [4.69, 9.17) is 14.4 Å². The largest absolute Gasteiger partial charge is 0.504 e. The molecule has 0 fully saturated rings. The predicted molar refractivity (Wildman–Crippen MR) is 212 cm³/mol. The molecule has 0 aliphatic rings. The van der Waals surface area contributed by atoms with Crippen LogP contribution in [0.5, 0.6) is 28.7 Å². The molecule has 0 atom stereocenters. The molecule has 0 aliphatic heterocycles. The summed E-state index contributed by atoms with van der Waals surface area (Å²) in [6.07, 6.45) is 0. The normalized spacial score (nSPS) is 11.6. The van der Waals surface area contributed by atoms with Gasteiger partial charge in [-0.25, -0.2) is 15.0 Å². The average Bonchev–Trinajstić information content (AvgIpc) is 3.79. The van der Waals surface area contributed by atoms with E-state index in [-0.39, 0.29) is 17.5 Å². The molecule has 0 amide bonds. The molecule has 55 heavy (non-hydrogen) atoms. The Morgan fingerprint density at radius 3 is 1.76 bits per heavy atom. The van der Waals surface area contributed by atoms with Crippen LogP contribution in [-0.4, -0.2) is 45.1 Å². The van der Waals surface area contributed by atoms with Gasteiger partial charge in [-0.1, -0.05) is 109 Å². The molecule has 3 aromatic heterocycles.